The zero-order valence-electron chi connectivity index (χ0n) is 12.4. The molecule has 2 N–H and O–H groups in total. The Morgan fingerprint density at radius 1 is 1.26 bits per heavy atom. The lowest BCUT2D eigenvalue weighted by molar-refractivity contribution is -0.152. The van der Waals surface area contributed by atoms with E-state index in [1.807, 2.05) is 0 Å². The van der Waals surface area contributed by atoms with E-state index in [1.54, 1.807) is 13.0 Å². The SMILES string of the molecule is CC=CC(=O)N(CCc1ccc(O)c(O)c1)C1=CC(=O)OC1=O. The Morgan fingerprint density at radius 2 is 2.00 bits per heavy atom. The normalized spacial score (nSPS) is 14.0. The average Bonchev–Trinajstić information content (AvgIpc) is 2.82. The smallest absolute Gasteiger partial charge is 0.363 e. The lowest BCUT2D eigenvalue weighted by atomic mass is 10.1. The molecule has 0 saturated carbocycles. The summed E-state index contributed by atoms with van der Waals surface area (Å²) in [5.41, 5.74) is 0.526. The van der Waals surface area contributed by atoms with Crippen LogP contribution < -0.4 is 0 Å². The summed E-state index contributed by atoms with van der Waals surface area (Å²) in [6.07, 6.45) is 4.06. The summed E-state index contributed by atoms with van der Waals surface area (Å²) in [6.45, 7) is 1.75. The Bertz CT molecular complexity index is 719. The van der Waals surface area contributed by atoms with Crippen LogP contribution in [0.2, 0.25) is 0 Å². The van der Waals surface area contributed by atoms with Crippen LogP contribution in [0.1, 0.15) is 12.5 Å². The Labute approximate surface area is 132 Å². The number of aromatic hydroxyl groups is 2. The van der Waals surface area contributed by atoms with Gasteiger partial charge in [0, 0.05) is 6.54 Å². The first-order valence-corrected chi connectivity index (χ1v) is 6.85. The monoisotopic (exact) mass is 317 g/mol. The van der Waals surface area contributed by atoms with Crippen molar-refractivity contribution in [1.82, 2.24) is 4.90 Å². The highest BCUT2D eigenvalue weighted by Crippen LogP contribution is 2.25. The predicted molar refractivity (Wildman–Crippen MR) is 79.2 cm³/mol. The van der Waals surface area contributed by atoms with E-state index in [4.69, 9.17) is 0 Å². The first-order chi connectivity index (χ1) is 10.9. The number of phenols is 2. The van der Waals surface area contributed by atoms with Crippen molar-refractivity contribution in [3.05, 3.63) is 47.7 Å². The summed E-state index contributed by atoms with van der Waals surface area (Å²) in [5.74, 6) is -2.67. The second kappa shape index (κ2) is 6.78. The van der Waals surface area contributed by atoms with Crippen LogP contribution in [-0.2, 0) is 25.5 Å². The summed E-state index contributed by atoms with van der Waals surface area (Å²) in [7, 11) is 0. The van der Waals surface area contributed by atoms with Gasteiger partial charge in [0.2, 0.25) is 0 Å². The van der Waals surface area contributed by atoms with Gasteiger partial charge >= 0.3 is 11.9 Å². The largest absolute Gasteiger partial charge is 0.504 e. The van der Waals surface area contributed by atoms with Crippen molar-refractivity contribution >= 4 is 17.8 Å². The number of rotatable bonds is 5. The summed E-state index contributed by atoms with van der Waals surface area (Å²) < 4.78 is 4.41. The van der Waals surface area contributed by atoms with Crippen molar-refractivity contribution in [3.63, 3.8) is 0 Å². The molecule has 0 atom stereocenters. The molecular formula is C16H15NO6. The number of carbonyl (C=O) groups is 3. The van der Waals surface area contributed by atoms with Crippen LogP contribution in [0.5, 0.6) is 11.5 Å². The van der Waals surface area contributed by atoms with E-state index in [9.17, 15) is 24.6 Å². The van der Waals surface area contributed by atoms with Crippen LogP contribution >= 0.6 is 0 Å². The molecule has 0 unspecified atom stereocenters. The van der Waals surface area contributed by atoms with Crippen molar-refractivity contribution in [2.75, 3.05) is 6.54 Å². The molecule has 0 aliphatic carbocycles. The summed E-state index contributed by atoms with van der Waals surface area (Å²) in [6, 6.07) is 4.27. The van der Waals surface area contributed by atoms with Gasteiger partial charge in [0.05, 0.1) is 6.08 Å². The number of nitrogens with zero attached hydrogens (tertiary/aromatic N) is 1. The van der Waals surface area contributed by atoms with Gasteiger partial charge < -0.3 is 19.8 Å². The van der Waals surface area contributed by atoms with Crippen molar-refractivity contribution in [3.8, 4) is 11.5 Å². The fourth-order valence-corrected chi connectivity index (χ4v) is 2.08. The molecule has 1 amide bonds. The molecule has 0 aromatic heterocycles. The molecule has 1 aromatic carbocycles. The van der Waals surface area contributed by atoms with Gasteiger partial charge in [0.25, 0.3) is 5.91 Å². The van der Waals surface area contributed by atoms with Gasteiger partial charge in [-0.2, -0.15) is 0 Å². The quantitative estimate of drug-likeness (QED) is 0.363. The number of amides is 1. The van der Waals surface area contributed by atoms with Crippen molar-refractivity contribution < 1.29 is 29.3 Å². The number of ether oxygens (including phenoxy) is 1. The van der Waals surface area contributed by atoms with Gasteiger partial charge in [-0.15, -0.1) is 0 Å². The molecule has 120 valence electrons. The molecule has 7 heteroatoms. The van der Waals surface area contributed by atoms with Crippen LogP contribution in [-0.4, -0.2) is 39.5 Å². The molecule has 0 saturated heterocycles. The predicted octanol–water partition coefficient (Wildman–Crippen LogP) is 1.01. The number of benzene rings is 1. The van der Waals surface area contributed by atoms with Crippen LogP contribution in [0.4, 0.5) is 0 Å². The van der Waals surface area contributed by atoms with Gasteiger partial charge in [0.1, 0.15) is 5.70 Å². The van der Waals surface area contributed by atoms with E-state index >= 15 is 0 Å². The Kier molecular flexibility index (Phi) is 4.80. The standard InChI is InChI=1S/C16H15NO6/c1-2-3-14(20)17(11-9-15(21)23-16(11)22)7-6-10-4-5-12(18)13(19)8-10/h2-5,8-9,18-19H,6-7H2,1H3. The molecule has 1 aromatic rings. The van der Waals surface area contributed by atoms with Gasteiger partial charge in [-0.3, -0.25) is 4.79 Å². The highest BCUT2D eigenvalue weighted by Gasteiger charge is 2.31. The van der Waals surface area contributed by atoms with E-state index in [1.165, 1.54) is 24.3 Å². The van der Waals surface area contributed by atoms with E-state index in [0.29, 0.717) is 12.0 Å². The number of carbonyl (C=O) groups excluding carboxylic acids is 3. The number of hydrogen-bond acceptors (Lipinski definition) is 6. The number of phenolic OH excluding ortho intramolecular Hbond substituents is 2. The van der Waals surface area contributed by atoms with Crippen molar-refractivity contribution in [2.45, 2.75) is 13.3 Å². The van der Waals surface area contributed by atoms with E-state index in [0.717, 1.165) is 11.0 Å². The molecule has 23 heavy (non-hydrogen) atoms. The number of esters is 2. The second-order valence-corrected chi connectivity index (χ2v) is 4.80. The molecule has 2 rings (SSSR count). The molecular weight excluding hydrogens is 302 g/mol. The minimum absolute atomic E-state index is 0.0988. The fourth-order valence-electron chi connectivity index (χ4n) is 2.08. The zero-order chi connectivity index (χ0) is 17.0. The third kappa shape index (κ3) is 3.76. The molecule has 1 aliphatic rings. The minimum Gasteiger partial charge on any atom is -0.504 e. The highest BCUT2D eigenvalue weighted by molar-refractivity contribution is 6.11. The fraction of sp³-hybridized carbons (Fsp3) is 0.188. The van der Waals surface area contributed by atoms with E-state index in [-0.39, 0.29) is 23.7 Å². The molecule has 0 radical (unpaired) electrons. The summed E-state index contributed by atoms with van der Waals surface area (Å²) in [5, 5.41) is 18.8. The van der Waals surface area contributed by atoms with Gasteiger partial charge in [-0.05, 0) is 37.1 Å². The van der Waals surface area contributed by atoms with Crippen molar-refractivity contribution in [1.29, 1.82) is 0 Å². The van der Waals surface area contributed by atoms with Crippen LogP contribution in [0, 0.1) is 0 Å². The van der Waals surface area contributed by atoms with Gasteiger partial charge in [-0.1, -0.05) is 12.1 Å². The van der Waals surface area contributed by atoms with Gasteiger partial charge in [-0.25, -0.2) is 9.59 Å². The lowest BCUT2D eigenvalue weighted by Gasteiger charge is -2.20. The first kappa shape index (κ1) is 16.3. The number of cyclic esters (lactones) is 2. The maximum absolute atomic E-state index is 12.1. The molecule has 0 spiro atoms. The highest BCUT2D eigenvalue weighted by atomic mass is 16.6. The Hall–Kier alpha value is -3.09. The maximum Gasteiger partial charge on any atom is 0.363 e. The molecule has 0 bridgehead atoms. The first-order valence-electron chi connectivity index (χ1n) is 6.85. The third-order valence-corrected chi connectivity index (χ3v) is 3.19. The van der Waals surface area contributed by atoms with Crippen LogP contribution in [0.15, 0.2) is 42.1 Å². The number of allylic oxidation sites excluding steroid dienone is 1. The lowest BCUT2D eigenvalue weighted by Crippen LogP contribution is -2.33. The Morgan fingerprint density at radius 3 is 2.57 bits per heavy atom. The van der Waals surface area contributed by atoms with E-state index in [2.05, 4.69) is 4.74 Å². The summed E-state index contributed by atoms with van der Waals surface area (Å²) in [4.78, 5) is 36.1. The van der Waals surface area contributed by atoms with Crippen LogP contribution in [0.3, 0.4) is 0 Å². The van der Waals surface area contributed by atoms with Crippen LogP contribution in [0.25, 0.3) is 0 Å². The zero-order valence-corrected chi connectivity index (χ0v) is 12.4. The van der Waals surface area contributed by atoms with Crippen molar-refractivity contribution in [2.24, 2.45) is 0 Å². The third-order valence-electron chi connectivity index (χ3n) is 3.19. The maximum atomic E-state index is 12.1. The topological polar surface area (TPSA) is 104 Å². The average molecular weight is 317 g/mol. The molecule has 0 fully saturated rings. The number of hydrogen-bond donors (Lipinski definition) is 2. The Balaban J connectivity index is 2.19. The minimum atomic E-state index is -0.874. The van der Waals surface area contributed by atoms with Gasteiger partial charge in [0.15, 0.2) is 11.5 Å². The second-order valence-electron chi connectivity index (χ2n) is 4.80. The molecule has 1 heterocycles. The molecule has 1 aliphatic heterocycles. The molecule has 7 nitrogen and oxygen atoms in total. The van der Waals surface area contributed by atoms with E-state index < -0.39 is 17.8 Å². The summed E-state index contributed by atoms with van der Waals surface area (Å²) >= 11 is 0.